The van der Waals surface area contributed by atoms with Crippen molar-refractivity contribution >= 4 is 32.1 Å². The van der Waals surface area contributed by atoms with E-state index in [1.54, 1.807) is 47.4 Å². The number of nitrogens with zero attached hydrogens (tertiary/aromatic N) is 8. The number of piperidine rings is 1. The molecule has 11 heteroatoms. The molecule has 0 aliphatic carbocycles. The molecule has 0 unspecified atom stereocenters. The first-order valence-electron chi connectivity index (χ1n) is 13.2. The lowest BCUT2D eigenvalue weighted by molar-refractivity contribution is 0.190. The van der Waals surface area contributed by atoms with Gasteiger partial charge in [0.15, 0.2) is 5.65 Å². The lowest BCUT2D eigenvalue weighted by Gasteiger charge is -2.33. The van der Waals surface area contributed by atoms with E-state index < -0.39 is 10.0 Å². The molecule has 0 saturated carbocycles. The van der Waals surface area contributed by atoms with E-state index in [9.17, 15) is 8.42 Å². The van der Waals surface area contributed by atoms with Crippen molar-refractivity contribution in [2.24, 2.45) is 7.05 Å². The molecule has 10 nitrogen and oxygen atoms in total. The number of fused-ring (bicyclic) bond motifs is 3. The third-order valence-electron chi connectivity index (χ3n) is 7.54. The number of hydrogen-bond donors (Lipinski definition) is 0. The van der Waals surface area contributed by atoms with Crippen molar-refractivity contribution in [3.63, 3.8) is 0 Å². The van der Waals surface area contributed by atoms with Gasteiger partial charge in [0.1, 0.15) is 11.3 Å². The summed E-state index contributed by atoms with van der Waals surface area (Å²) in [5, 5.41) is 14.3. The molecule has 6 rings (SSSR count). The zero-order valence-electron chi connectivity index (χ0n) is 21.8. The van der Waals surface area contributed by atoms with Crippen LogP contribution < -0.4 is 0 Å². The fourth-order valence-corrected chi connectivity index (χ4v) is 6.93. The first-order valence-corrected chi connectivity index (χ1v) is 14.6. The number of likely N-dealkylation sites (tertiary alicyclic amines) is 1. The Kier molecular flexibility index (Phi) is 6.66. The minimum atomic E-state index is -3.80. The Bertz CT molecular complexity index is 1770. The van der Waals surface area contributed by atoms with Crippen LogP contribution in [0.25, 0.3) is 22.1 Å². The lowest BCUT2D eigenvalue weighted by atomic mass is 10.0. The number of aromatic nitrogens is 6. The third-order valence-corrected chi connectivity index (χ3v) is 9.22. The number of imidazole rings is 1. The summed E-state index contributed by atoms with van der Waals surface area (Å²) in [5.74, 6) is 0.957. The van der Waals surface area contributed by atoms with Crippen LogP contribution in [0.3, 0.4) is 0 Å². The molecule has 1 saturated heterocycles. The van der Waals surface area contributed by atoms with Gasteiger partial charge in [-0.2, -0.15) is 10.4 Å². The van der Waals surface area contributed by atoms with Crippen LogP contribution >= 0.6 is 0 Å². The maximum absolute atomic E-state index is 13.5. The van der Waals surface area contributed by atoms with Gasteiger partial charge in [0.05, 0.1) is 28.4 Å². The van der Waals surface area contributed by atoms with Crippen molar-refractivity contribution < 1.29 is 8.42 Å². The van der Waals surface area contributed by atoms with E-state index in [1.165, 1.54) is 3.97 Å². The maximum Gasteiger partial charge on any atom is 0.269 e. The van der Waals surface area contributed by atoms with Gasteiger partial charge < -0.3 is 9.47 Å². The molecule has 0 amide bonds. The molecule has 1 fully saturated rings. The Morgan fingerprint density at radius 2 is 1.85 bits per heavy atom. The molecule has 1 aliphatic heterocycles. The predicted molar refractivity (Wildman–Crippen MR) is 148 cm³/mol. The van der Waals surface area contributed by atoms with Crippen molar-refractivity contribution in [3.05, 3.63) is 72.6 Å². The summed E-state index contributed by atoms with van der Waals surface area (Å²) >= 11 is 0. The SMILES string of the molecule is Cn1ccc(CCc2nc3cnc4c(ccn4S(=O)(=O)c4ccccc4)c3n2C2CCN(CCC#N)CC2)n1. The molecule has 4 aromatic heterocycles. The highest BCUT2D eigenvalue weighted by molar-refractivity contribution is 7.90. The predicted octanol–water partition coefficient (Wildman–Crippen LogP) is 3.69. The van der Waals surface area contributed by atoms with Crippen LogP contribution in [0.2, 0.25) is 0 Å². The second-order valence-corrected chi connectivity index (χ2v) is 11.8. The highest BCUT2D eigenvalue weighted by Crippen LogP contribution is 2.34. The summed E-state index contributed by atoms with van der Waals surface area (Å²) in [6.45, 7) is 2.60. The average Bonchev–Trinajstić information content (AvgIpc) is 3.67. The number of hydrogen-bond acceptors (Lipinski definition) is 7. The van der Waals surface area contributed by atoms with Gasteiger partial charge in [-0.15, -0.1) is 0 Å². The van der Waals surface area contributed by atoms with Crippen molar-refractivity contribution in [3.8, 4) is 6.07 Å². The molecule has 0 spiro atoms. The summed E-state index contributed by atoms with van der Waals surface area (Å²) in [4.78, 5) is 12.2. The minimum absolute atomic E-state index is 0.215. The second kappa shape index (κ2) is 10.3. The normalized spacial score (nSPS) is 15.3. The highest BCUT2D eigenvalue weighted by atomic mass is 32.2. The van der Waals surface area contributed by atoms with Crippen LogP contribution in [-0.2, 0) is 29.9 Å². The number of benzene rings is 1. The standard InChI is InChI=1S/C28H30N8O2S/c1-33-16-10-21(32-33)8-9-26-31-25-20-30-28-24(13-19-35(28)39(37,38)23-6-3-2-4-7-23)27(25)36(26)22-11-17-34(18-12-22)15-5-14-29/h2-4,6-7,10,13,16,19-20,22H,5,8-9,11-12,15,17-18H2,1H3. The van der Waals surface area contributed by atoms with E-state index in [4.69, 9.17) is 10.2 Å². The first kappa shape index (κ1) is 25.3. The van der Waals surface area contributed by atoms with Crippen molar-refractivity contribution in [2.75, 3.05) is 19.6 Å². The zero-order chi connectivity index (χ0) is 27.0. The average molecular weight is 543 g/mol. The fraction of sp³-hybridized carbons (Fsp3) is 0.357. The van der Waals surface area contributed by atoms with Gasteiger partial charge in [0.25, 0.3) is 10.0 Å². The Balaban J connectivity index is 1.44. The molecule has 1 aromatic carbocycles. The summed E-state index contributed by atoms with van der Waals surface area (Å²) in [5.41, 5.74) is 3.09. The van der Waals surface area contributed by atoms with E-state index in [0.717, 1.165) is 66.8 Å². The monoisotopic (exact) mass is 542 g/mol. The largest absolute Gasteiger partial charge is 0.324 e. The molecular formula is C28H30N8O2S. The van der Waals surface area contributed by atoms with E-state index in [2.05, 4.69) is 25.6 Å². The molecule has 200 valence electrons. The van der Waals surface area contributed by atoms with Crippen molar-refractivity contribution in [1.82, 2.24) is 33.2 Å². The summed E-state index contributed by atoms with van der Waals surface area (Å²) < 4.78 is 32.4. The quantitative estimate of drug-likeness (QED) is 0.294. The Labute approximate surface area is 227 Å². The topological polar surface area (TPSA) is 115 Å². The number of nitriles is 1. The van der Waals surface area contributed by atoms with Gasteiger partial charge in [-0.3, -0.25) is 4.68 Å². The molecule has 0 bridgehead atoms. The molecule has 0 radical (unpaired) electrons. The zero-order valence-corrected chi connectivity index (χ0v) is 22.6. The third kappa shape index (κ3) is 4.70. The Morgan fingerprint density at radius 1 is 1.05 bits per heavy atom. The first-order chi connectivity index (χ1) is 19.0. The summed E-state index contributed by atoms with van der Waals surface area (Å²) in [7, 11) is -1.89. The van der Waals surface area contributed by atoms with Crippen molar-refractivity contribution in [1.29, 1.82) is 5.26 Å². The number of aryl methyl sites for hydroxylation is 3. The number of rotatable bonds is 8. The molecule has 0 N–H and O–H groups in total. The van der Waals surface area contributed by atoms with Crippen LogP contribution in [-0.4, -0.2) is 61.2 Å². The summed E-state index contributed by atoms with van der Waals surface area (Å²) in [6, 6.07) is 14.8. The Morgan fingerprint density at radius 3 is 2.56 bits per heavy atom. The van der Waals surface area contributed by atoms with Gasteiger partial charge in [0, 0.05) is 63.3 Å². The second-order valence-electron chi connectivity index (χ2n) is 10.0. The molecule has 0 atom stereocenters. The van der Waals surface area contributed by atoms with Gasteiger partial charge in [-0.05, 0) is 43.5 Å². The van der Waals surface area contributed by atoms with Crippen molar-refractivity contribution in [2.45, 2.75) is 43.0 Å². The van der Waals surface area contributed by atoms with E-state index in [-0.39, 0.29) is 10.9 Å². The molecule has 1 aliphatic rings. The fourth-order valence-electron chi connectivity index (χ4n) is 5.61. The van der Waals surface area contributed by atoms with E-state index in [1.807, 2.05) is 25.4 Å². The summed E-state index contributed by atoms with van der Waals surface area (Å²) in [6.07, 6.45) is 9.09. The van der Waals surface area contributed by atoms with Gasteiger partial charge in [0.2, 0.25) is 0 Å². The number of pyridine rings is 1. The minimum Gasteiger partial charge on any atom is -0.324 e. The molecule has 39 heavy (non-hydrogen) atoms. The smallest absolute Gasteiger partial charge is 0.269 e. The van der Waals surface area contributed by atoms with Crippen LogP contribution in [0.5, 0.6) is 0 Å². The van der Waals surface area contributed by atoms with Gasteiger partial charge >= 0.3 is 0 Å². The highest BCUT2D eigenvalue weighted by Gasteiger charge is 2.27. The molecule has 5 heterocycles. The van der Waals surface area contributed by atoms with Crippen LogP contribution in [0.1, 0.15) is 36.8 Å². The molecule has 5 aromatic rings. The van der Waals surface area contributed by atoms with E-state index >= 15 is 0 Å². The van der Waals surface area contributed by atoms with Crippen LogP contribution in [0, 0.1) is 11.3 Å². The van der Waals surface area contributed by atoms with Gasteiger partial charge in [-0.1, -0.05) is 18.2 Å². The van der Waals surface area contributed by atoms with E-state index in [0.29, 0.717) is 18.5 Å². The lowest BCUT2D eigenvalue weighted by Crippen LogP contribution is -2.35. The maximum atomic E-state index is 13.5. The van der Waals surface area contributed by atoms with Gasteiger partial charge in [-0.25, -0.2) is 22.4 Å². The van der Waals surface area contributed by atoms with Crippen LogP contribution in [0.4, 0.5) is 0 Å². The molecular weight excluding hydrogens is 512 g/mol. The van der Waals surface area contributed by atoms with Crippen LogP contribution in [0.15, 0.2) is 66.0 Å². The Hall–Kier alpha value is -4.01.